The highest BCUT2D eigenvalue weighted by atomic mass is 16.3. The largest absolute Gasteiger partial charge is 0.472 e. The molecule has 1 atom stereocenters. The Hall–Kier alpha value is -2.67. The maximum Gasteiger partial charge on any atom is 0.254 e. The van der Waals surface area contributed by atoms with Crippen molar-refractivity contribution in [3.8, 4) is 0 Å². The average molecular weight is 410 g/mol. The molecule has 1 amide bonds. The van der Waals surface area contributed by atoms with Crippen LogP contribution >= 0.6 is 0 Å². The first kappa shape index (κ1) is 20.6. The maximum absolute atomic E-state index is 12.0. The van der Waals surface area contributed by atoms with E-state index in [1.54, 1.807) is 11.6 Å². The van der Waals surface area contributed by atoms with Gasteiger partial charge in [-0.15, -0.1) is 10.2 Å². The van der Waals surface area contributed by atoms with E-state index in [4.69, 9.17) is 4.42 Å². The van der Waals surface area contributed by atoms with E-state index in [1.165, 1.54) is 30.9 Å². The molecule has 1 aliphatic carbocycles. The van der Waals surface area contributed by atoms with Crippen molar-refractivity contribution in [1.29, 1.82) is 0 Å². The van der Waals surface area contributed by atoms with Crippen LogP contribution in [0.1, 0.15) is 48.2 Å². The zero-order chi connectivity index (χ0) is 20.9. The smallest absolute Gasteiger partial charge is 0.254 e. The molecule has 0 spiro atoms. The number of carbonyl (C=O) groups excluding carboxylic acids is 1. The number of amides is 1. The molecule has 0 saturated carbocycles. The molecule has 160 valence electrons. The van der Waals surface area contributed by atoms with Gasteiger partial charge < -0.3 is 14.3 Å². The lowest BCUT2D eigenvalue weighted by Gasteiger charge is -2.26. The third kappa shape index (κ3) is 4.90. The van der Waals surface area contributed by atoms with Gasteiger partial charge in [0.05, 0.1) is 11.8 Å². The van der Waals surface area contributed by atoms with Crippen LogP contribution in [0, 0.1) is 5.92 Å². The van der Waals surface area contributed by atoms with Crippen LogP contribution in [0.15, 0.2) is 46.8 Å². The minimum atomic E-state index is -0.125. The molecule has 0 radical (unpaired) electrons. The number of hydrogen-bond donors (Lipinski definition) is 1. The van der Waals surface area contributed by atoms with Gasteiger partial charge in [0.25, 0.3) is 5.91 Å². The van der Waals surface area contributed by atoms with E-state index in [1.807, 2.05) is 0 Å². The van der Waals surface area contributed by atoms with Gasteiger partial charge in [-0.2, -0.15) is 0 Å². The van der Waals surface area contributed by atoms with Gasteiger partial charge in [-0.1, -0.05) is 23.8 Å². The van der Waals surface area contributed by atoms with Crippen LogP contribution in [-0.2, 0) is 19.4 Å². The molecule has 0 aromatic carbocycles. The first-order valence-electron chi connectivity index (χ1n) is 10.9. The molecule has 0 saturated heterocycles. The number of nitrogens with zero attached hydrogens (tertiary/aromatic N) is 4. The first-order valence-corrected chi connectivity index (χ1v) is 10.9. The molecule has 2 aromatic heterocycles. The zero-order valence-corrected chi connectivity index (χ0v) is 17.8. The first-order chi connectivity index (χ1) is 14.6. The van der Waals surface area contributed by atoms with E-state index < -0.39 is 0 Å². The molecule has 1 N–H and O–H groups in total. The SMILES string of the molecule is C=C(C)[C@@H]1CC=C(CN2CCc3nnc(CCNC(=O)c4ccoc4)n3CC2)CC1. The van der Waals surface area contributed by atoms with Crippen LogP contribution in [0.5, 0.6) is 0 Å². The quantitative estimate of drug-likeness (QED) is 0.712. The van der Waals surface area contributed by atoms with Gasteiger partial charge in [-0.05, 0) is 38.2 Å². The summed E-state index contributed by atoms with van der Waals surface area (Å²) >= 11 is 0. The highest BCUT2D eigenvalue weighted by molar-refractivity contribution is 5.93. The number of hydrogen-bond acceptors (Lipinski definition) is 5. The second kappa shape index (κ2) is 9.43. The zero-order valence-electron chi connectivity index (χ0n) is 17.8. The number of carbonyl (C=O) groups is 1. The van der Waals surface area contributed by atoms with Gasteiger partial charge in [-0.25, -0.2) is 0 Å². The topological polar surface area (TPSA) is 76.2 Å². The molecule has 2 aliphatic rings. The molecular weight excluding hydrogens is 378 g/mol. The van der Waals surface area contributed by atoms with Crippen LogP contribution in [0.2, 0.25) is 0 Å². The van der Waals surface area contributed by atoms with Crippen molar-refractivity contribution in [1.82, 2.24) is 25.0 Å². The Morgan fingerprint density at radius 1 is 1.30 bits per heavy atom. The van der Waals surface area contributed by atoms with Crippen molar-refractivity contribution >= 4 is 5.91 Å². The van der Waals surface area contributed by atoms with Gasteiger partial charge in [-0.3, -0.25) is 9.69 Å². The van der Waals surface area contributed by atoms with Gasteiger partial charge >= 0.3 is 0 Å². The van der Waals surface area contributed by atoms with E-state index in [0.717, 1.165) is 50.7 Å². The summed E-state index contributed by atoms with van der Waals surface area (Å²) in [4.78, 5) is 14.6. The Labute approximate surface area is 177 Å². The van der Waals surface area contributed by atoms with Crippen LogP contribution in [-0.4, -0.2) is 51.8 Å². The molecule has 0 unspecified atom stereocenters. The summed E-state index contributed by atoms with van der Waals surface area (Å²) in [5.74, 6) is 2.53. The van der Waals surface area contributed by atoms with Crippen LogP contribution in [0.25, 0.3) is 0 Å². The summed E-state index contributed by atoms with van der Waals surface area (Å²) in [5, 5.41) is 11.7. The summed E-state index contributed by atoms with van der Waals surface area (Å²) in [7, 11) is 0. The van der Waals surface area contributed by atoms with Crippen molar-refractivity contribution in [3.05, 3.63) is 59.6 Å². The Morgan fingerprint density at radius 3 is 2.93 bits per heavy atom. The van der Waals surface area contributed by atoms with E-state index in [9.17, 15) is 4.79 Å². The van der Waals surface area contributed by atoms with Crippen molar-refractivity contribution < 1.29 is 9.21 Å². The standard InChI is InChI=1S/C23H31N5O2/c1-17(2)19-5-3-18(4-6-19)15-27-11-8-22-26-25-21(28(22)13-12-27)7-10-24-23(29)20-9-14-30-16-20/h3,9,14,16,19H,1,4-8,10-13,15H2,2H3,(H,24,29)/t19-/m1/s1. The molecule has 7 nitrogen and oxygen atoms in total. The molecular formula is C23H31N5O2. The fraction of sp³-hybridized carbons (Fsp3) is 0.522. The number of rotatable bonds is 7. The second-order valence-electron chi connectivity index (χ2n) is 8.41. The van der Waals surface area contributed by atoms with Crippen molar-refractivity contribution in [2.24, 2.45) is 5.92 Å². The summed E-state index contributed by atoms with van der Waals surface area (Å²) in [6.45, 7) is 10.8. The lowest BCUT2D eigenvalue weighted by Crippen LogP contribution is -2.30. The van der Waals surface area contributed by atoms with Gasteiger partial charge in [0.1, 0.15) is 17.9 Å². The average Bonchev–Trinajstić information content (AvgIpc) is 3.37. The van der Waals surface area contributed by atoms with Gasteiger partial charge in [0.15, 0.2) is 0 Å². The number of aromatic nitrogens is 3. The number of furan rings is 1. The highest BCUT2D eigenvalue weighted by Crippen LogP contribution is 2.28. The van der Waals surface area contributed by atoms with Crippen LogP contribution in [0.3, 0.4) is 0 Å². The highest BCUT2D eigenvalue weighted by Gasteiger charge is 2.21. The Bertz CT molecular complexity index is 912. The molecule has 0 fully saturated rings. The number of allylic oxidation sites excluding steroid dienone is 2. The molecule has 2 aromatic rings. The lowest BCUT2D eigenvalue weighted by atomic mass is 9.85. The molecule has 30 heavy (non-hydrogen) atoms. The van der Waals surface area contributed by atoms with Gasteiger partial charge in [0, 0.05) is 45.6 Å². The molecule has 7 heteroatoms. The summed E-state index contributed by atoms with van der Waals surface area (Å²) in [5.41, 5.74) is 3.41. The second-order valence-corrected chi connectivity index (χ2v) is 8.41. The summed E-state index contributed by atoms with van der Waals surface area (Å²) in [6.07, 6.45) is 10.5. The van der Waals surface area contributed by atoms with Crippen molar-refractivity contribution in [2.45, 2.75) is 45.6 Å². The third-order valence-electron chi connectivity index (χ3n) is 6.24. The molecule has 1 aliphatic heterocycles. The summed E-state index contributed by atoms with van der Waals surface area (Å²) < 4.78 is 7.19. The van der Waals surface area contributed by atoms with Crippen molar-refractivity contribution in [2.75, 3.05) is 26.2 Å². The van der Waals surface area contributed by atoms with E-state index in [2.05, 4.69) is 44.6 Å². The van der Waals surface area contributed by atoms with E-state index in [-0.39, 0.29) is 5.91 Å². The lowest BCUT2D eigenvalue weighted by molar-refractivity contribution is 0.0953. The molecule has 3 heterocycles. The Balaban J connectivity index is 1.28. The molecule has 4 rings (SSSR count). The van der Waals surface area contributed by atoms with Crippen LogP contribution < -0.4 is 5.32 Å². The fourth-order valence-corrected chi connectivity index (χ4v) is 4.32. The number of nitrogens with one attached hydrogen (secondary N) is 1. The predicted octanol–water partition coefficient (Wildman–Crippen LogP) is 3.00. The summed E-state index contributed by atoms with van der Waals surface area (Å²) in [6, 6.07) is 1.66. The maximum atomic E-state index is 12.0. The normalized spacial score (nSPS) is 19.6. The third-order valence-corrected chi connectivity index (χ3v) is 6.24. The van der Waals surface area contributed by atoms with E-state index >= 15 is 0 Å². The van der Waals surface area contributed by atoms with E-state index in [0.29, 0.717) is 24.4 Å². The van der Waals surface area contributed by atoms with Gasteiger partial charge in [0.2, 0.25) is 0 Å². The monoisotopic (exact) mass is 409 g/mol. The molecule has 0 bridgehead atoms. The van der Waals surface area contributed by atoms with Crippen LogP contribution in [0.4, 0.5) is 0 Å². The Morgan fingerprint density at radius 2 is 2.20 bits per heavy atom. The minimum absolute atomic E-state index is 0.125. The minimum Gasteiger partial charge on any atom is -0.472 e. The predicted molar refractivity (Wildman–Crippen MR) is 115 cm³/mol. The Kier molecular flexibility index (Phi) is 6.47. The fourth-order valence-electron chi connectivity index (χ4n) is 4.32. The van der Waals surface area contributed by atoms with Crippen molar-refractivity contribution in [3.63, 3.8) is 0 Å². The number of fused-ring (bicyclic) bond motifs is 1.